The SMILES string of the molecule is c1cc2c3c(ccnc3c1)C1CC21. The molecule has 2 aromatic rings. The summed E-state index contributed by atoms with van der Waals surface area (Å²) in [5.41, 5.74) is 4.28. The van der Waals surface area contributed by atoms with E-state index < -0.39 is 0 Å². The zero-order valence-corrected chi connectivity index (χ0v) is 7.20. The van der Waals surface area contributed by atoms with Gasteiger partial charge in [0.25, 0.3) is 0 Å². The molecule has 1 aromatic heterocycles. The molecule has 1 heterocycles. The fraction of sp³-hybridized carbons (Fsp3) is 0.250. The summed E-state index contributed by atoms with van der Waals surface area (Å²) in [6.45, 7) is 0. The summed E-state index contributed by atoms with van der Waals surface area (Å²) in [6, 6.07) is 8.72. The van der Waals surface area contributed by atoms with E-state index in [-0.39, 0.29) is 0 Å². The fourth-order valence-corrected chi connectivity index (χ4v) is 2.76. The van der Waals surface area contributed by atoms with Crippen LogP contribution < -0.4 is 0 Å². The van der Waals surface area contributed by atoms with Crippen LogP contribution in [0.2, 0.25) is 0 Å². The Bertz CT molecular complexity index is 473. The average molecular weight is 167 g/mol. The Kier molecular flexibility index (Phi) is 0.834. The predicted octanol–water partition coefficient (Wildman–Crippen LogP) is 2.82. The van der Waals surface area contributed by atoms with Crippen molar-refractivity contribution in [1.82, 2.24) is 4.98 Å². The highest BCUT2D eigenvalue weighted by molar-refractivity contribution is 5.91. The van der Waals surface area contributed by atoms with Gasteiger partial charge in [0, 0.05) is 11.6 Å². The summed E-state index contributed by atoms with van der Waals surface area (Å²) in [7, 11) is 0. The number of hydrogen-bond acceptors (Lipinski definition) is 1. The Morgan fingerprint density at radius 2 is 1.92 bits per heavy atom. The third kappa shape index (κ3) is 0.590. The van der Waals surface area contributed by atoms with Gasteiger partial charge < -0.3 is 0 Å². The van der Waals surface area contributed by atoms with Crippen LogP contribution in [-0.4, -0.2) is 4.98 Å². The van der Waals surface area contributed by atoms with Gasteiger partial charge in [-0.3, -0.25) is 4.98 Å². The van der Waals surface area contributed by atoms with Gasteiger partial charge in [-0.25, -0.2) is 0 Å². The third-order valence-electron chi connectivity index (χ3n) is 3.42. The first-order valence-corrected chi connectivity index (χ1v) is 4.83. The number of fused-ring (bicyclic) bond motifs is 3. The van der Waals surface area contributed by atoms with Gasteiger partial charge in [0.05, 0.1) is 5.52 Å². The molecule has 1 aromatic carbocycles. The molecule has 13 heavy (non-hydrogen) atoms. The van der Waals surface area contributed by atoms with Crippen LogP contribution in [0.15, 0.2) is 30.5 Å². The Morgan fingerprint density at radius 3 is 2.85 bits per heavy atom. The summed E-state index contributed by atoms with van der Waals surface area (Å²) in [5.74, 6) is 1.67. The molecule has 1 heteroatoms. The van der Waals surface area contributed by atoms with Crippen LogP contribution in [0.1, 0.15) is 29.4 Å². The normalized spacial score (nSPS) is 27.7. The lowest BCUT2D eigenvalue weighted by molar-refractivity contribution is 1.10. The van der Waals surface area contributed by atoms with E-state index in [1.165, 1.54) is 17.3 Å². The molecule has 2 aliphatic rings. The highest BCUT2D eigenvalue weighted by Crippen LogP contribution is 2.62. The van der Waals surface area contributed by atoms with Crippen LogP contribution in [0.5, 0.6) is 0 Å². The van der Waals surface area contributed by atoms with E-state index >= 15 is 0 Å². The standard InChI is InChI=1S/C12H9N/c1-2-7-9-6-10(9)8-4-5-13-11(3-1)12(7)8/h1-5,9-10H,6H2. The summed E-state index contributed by atoms with van der Waals surface area (Å²) >= 11 is 0. The van der Waals surface area contributed by atoms with Crippen molar-refractivity contribution < 1.29 is 0 Å². The molecule has 2 atom stereocenters. The van der Waals surface area contributed by atoms with Crippen molar-refractivity contribution in [1.29, 1.82) is 0 Å². The number of benzene rings is 1. The van der Waals surface area contributed by atoms with Crippen LogP contribution in [-0.2, 0) is 0 Å². The lowest BCUT2D eigenvalue weighted by Gasteiger charge is -2.02. The minimum atomic E-state index is 0.836. The van der Waals surface area contributed by atoms with Gasteiger partial charge in [0.15, 0.2) is 0 Å². The lowest BCUT2D eigenvalue weighted by Crippen LogP contribution is -1.84. The first-order valence-electron chi connectivity index (χ1n) is 4.83. The molecule has 1 nitrogen and oxygen atoms in total. The number of pyridine rings is 1. The van der Waals surface area contributed by atoms with E-state index in [9.17, 15) is 0 Å². The van der Waals surface area contributed by atoms with Crippen LogP contribution in [0.25, 0.3) is 10.9 Å². The second-order valence-corrected chi connectivity index (χ2v) is 4.09. The molecule has 0 radical (unpaired) electrons. The van der Waals surface area contributed by atoms with Crippen molar-refractivity contribution in [2.45, 2.75) is 18.3 Å². The highest BCUT2D eigenvalue weighted by atomic mass is 14.7. The van der Waals surface area contributed by atoms with Gasteiger partial charge in [-0.05, 0) is 41.5 Å². The number of aromatic nitrogens is 1. The Balaban J connectivity index is 2.29. The molecular weight excluding hydrogens is 158 g/mol. The second-order valence-electron chi connectivity index (χ2n) is 4.09. The maximum absolute atomic E-state index is 4.40. The largest absolute Gasteiger partial charge is 0.256 e. The second kappa shape index (κ2) is 1.77. The number of hydrogen-bond donors (Lipinski definition) is 0. The van der Waals surface area contributed by atoms with Crippen molar-refractivity contribution in [2.75, 3.05) is 0 Å². The summed E-state index contributed by atoms with van der Waals surface area (Å²) in [5, 5.41) is 1.45. The van der Waals surface area contributed by atoms with Gasteiger partial charge in [-0.2, -0.15) is 0 Å². The summed E-state index contributed by atoms with van der Waals surface area (Å²) in [4.78, 5) is 4.40. The minimum Gasteiger partial charge on any atom is -0.256 e. The zero-order chi connectivity index (χ0) is 8.41. The molecule has 1 fully saturated rings. The lowest BCUT2D eigenvalue weighted by atomic mass is 10.1. The Hall–Kier alpha value is -1.37. The smallest absolute Gasteiger partial charge is 0.0707 e. The van der Waals surface area contributed by atoms with Crippen LogP contribution in [0.4, 0.5) is 0 Å². The van der Waals surface area contributed by atoms with E-state index in [1.807, 2.05) is 6.20 Å². The molecule has 2 unspecified atom stereocenters. The molecule has 0 bridgehead atoms. The van der Waals surface area contributed by atoms with E-state index in [0.717, 1.165) is 11.8 Å². The molecule has 4 rings (SSSR count). The van der Waals surface area contributed by atoms with E-state index in [2.05, 4.69) is 29.2 Å². The third-order valence-corrected chi connectivity index (χ3v) is 3.42. The molecule has 0 aliphatic heterocycles. The monoisotopic (exact) mass is 167 g/mol. The molecule has 1 saturated carbocycles. The quantitative estimate of drug-likeness (QED) is 0.588. The zero-order valence-electron chi connectivity index (χ0n) is 7.20. The van der Waals surface area contributed by atoms with Crippen molar-refractivity contribution >= 4 is 10.9 Å². The molecule has 0 N–H and O–H groups in total. The maximum Gasteiger partial charge on any atom is 0.0707 e. The number of nitrogens with zero attached hydrogens (tertiary/aromatic N) is 1. The van der Waals surface area contributed by atoms with Crippen LogP contribution in [0.3, 0.4) is 0 Å². The highest BCUT2D eigenvalue weighted by Gasteiger charge is 2.46. The average Bonchev–Trinajstić information content (AvgIpc) is 2.90. The van der Waals surface area contributed by atoms with Gasteiger partial charge in [0.1, 0.15) is 0 Å². The molecule has 0 spiro atoms. The first kappa shape index (κ1) is 6.14. The van der Waals surface area contributed by atoms with E-state index in [0.29, 0.717) is 0 Å². The maximum atomic E-state index is 4.40. The van der Waals surface area contributed by atoms with Crippen molar-refractivity contribution in [3.05, 3.63) is 41.6 Å². The molecule has 0 amide bonds. The fourth-order valence-electron chi connectivity index (χ4n) is 2.76. The van der Waals surface area contributed by atoms with Crippen molar-refractivity contribution in [3.8, 4) is 0 Å². The van der Waals surface area contributed by atoms with Crippen LogP contribution in [0, 0.1) is 0 Å². The van der Waals surface area contributed by atoms with E-state index in [4.69, 9.17) is 0 Å². The summed E-state index contributed by atoms with van der Waals surface area (Å²) < 4.78 is 0. The Morgan fingerprint density at radius 1 is 1.08 bits per heavy atom. The predicted molar refractivity (Wildman–Crippen MR) is 51.8 cm³/mol. The Labute approximate surface area is 76.4 Å². The van der Waals surface area contributed by atoms with Crippen LogP contribution >= 0.6 is 0 Å². The van der Waals surface area contributed by atoms with Gasteiger partial charge >= 0.3 is 0 Å². The molecular formula is C12H9N. The number of rotatable bonds is 0. The van der Waals surface area contributed by atoms with Crippen molar-refractivity contribution in [3.63, 3.8) is 0 Å². The topological polar surface area (TPSA) is 12.9 Å². The van der Waals surface area contributed by atoms with Crippen molar-refractivity contribution in [2.24, 2.45) is 0 Å². The molecule has 62 valence electrons. The molecule has 0 saturated heterocycles. The minimum absolute atomic E-state index is 0.836. The van der Waals surface area contributed by atoms with E-state index in [1.54, 1.807) is 11.1 Å². The van der Waals surface area contributed by atoms with Gasteiger partial charge in [0.2, 0.25) is 0 Å². The van der Waals surface area contributed by atoms with Gasteiger partial charge in [-0.1, -0.05) is 12.1 Å². The first-order chi connectivity index (χ1) is 6.45. The summed E-state index contributed by atoms with van der Waals surface area (Å²) in [6.07, 6.45) is 3.32. The molecule has 2 aliphatic carbocycles. The van der Waals surface area contributed by atoms with Gasteiger partial charge in [-0.15, -0.1) is 0 Å².